The number of methoxy groups -OCH3 is 1. The number of hydrogen-bond donors (Lipinski definition) is 0. The Morgan fingerprint density at radius 3 is 3.17 bits per heavy atom. The lowest BCUT2D eigenvalue weighted by atomic mass is 9.99. The van der Waals surface area contributed by atoms with Crippen molar-refractivity contribution in [1.82, 2.24) is 19.9 Å². The van der Waals surface area contributed by atoms with Crippen molar-refractivity contribution in [3.63, 3.8) is 0 Å². The van der Waals surface area contributed by atoms with Crippen molar-refractivity contribution in [1.29, 1.82) is 0 Å². The number of amides is 1. The van der Waals surface area contributed by atoms with Crippen LogP contribution in [0.1, 0.15) is 23.7 Å². The van der Waals surface area contributed by atoms with E-state index < -0.39 is 0 Å². The molecule has 2 atom stereocenters. The summed E-state index contributed by atoms with van der Waals surface area (Å²) in [5.74, 6) is 0.852. The van der Waals surface area contributed by atoms with Crippen LogP contribution in [0.4, 0.5) is 0 Å². The van der Waals surface area contributed by atoms with Crippen LogP contribution in [-0.4, -0.2) is 52.1 Å². The fourth-order valence-corrected chi connectivity index (χ4v) is 3.53. The van der Waals surface area contributed by atoms with E-state index in [0.29, 0.717) is 26.1 Å². The van der Waals surface area contributed by atoms with Gasteiger partial charge in [-0.15, -0.1) is 5.10 Å². The number of ether oxygens (including phenoxy) is 2. The van der Waals surface area contributed by atoms with Gasteiger partial charge in [0.15, 0.2) is 0 Å². The fourth-order valence-electron chi connectivity index (χ4n) is 3.53. The van der Waals surface area contributed by atoms with Crippen LogP contribution in [0.15, 0.2) is 30.5 Å². The van der Waals surface area contributed by atoms with E-state index in [0.717, 1.165) is 23.4 Å². The van der Waals surface area contributed by atoms with Crippen LogP contribution in [0.5, 0.6) is 5.75 Å². The third kappa shape index (κ3) is 2.65. The third-order valence-electron chi connectivity index (χ3n) is 4.82. The Labute approximate surface area is 140 Å². The first-order valence-corrected chi connectivity index (χ1v) is 8.16. The summed E-state index contributed by atoms with van der Waals surface area (Å²) >= 11 is 0. The van der Waals surface area contributed by atoms with Gasteiger partial charge in [-0.1, -0.05) is 23.4 Å². The highest BCUT2D eigenvalue weighted by molar-refractivity contribution is 5.79. The average Bonchev–Trinajstić information content (AvgIpc) is 3.11. The van der Waals surface area contributed by atoms with Crippen molar-refractivity contribution < 1.29 is 14.3 Å². The minimum atomic E-state index is 0.0478. The topological polar surface area (TPSA) is 69.5 Å². The summed E-state index contributed by atoms with van der Waals surface area (Å²) in [6, 6.07) is 7.69. The lowest BCUT2D eigenvalue weighted by molar-refractivity contribution is -0.137. The van der Waals surface area contributed by atoms with Crippen LogP contribution >= 0.6 is 0 Å². The number of benzene rings is 1. The van der Waals surface area contributed by atoms with Gasteiger partial charge in [0.05, 0.1) is 44.2 Å². The molecule has 2 aromatic rings. The van der Waals surface area contributed by atoms with Gasteiger partial charge in [-0.05, 0) is 12.5 Å². The number of aromatic nitrogens is 3. The summed E-state index contributed by atoms with van der Waals surface area (Å²) < 4.78 is 13.1. The molecule has 7 nitrogen and oxygen atoms in total. The van der Waals surface area contributed by atoms with Crippen LogP contribution in [0.2, 0.25) is 0 Å². The maximum atomic E-state index is 12.7. The van der Waals surface area contributed by atoms with Gasteiger partial charge in [0.1, 0.15) is 5.75 Å². The summed E-state index contributed by atoms with van der Waals surface area (Å²) in [4.78, 5) is 14.6. The van der Waals surface area contributed by atoms with Gasteiger partial charge in [0.2, 0.25) is 5.91 Å². The molecule has 1 aromatic carbocycles. The SMILES string of the molecule is COc1ccccc1CC(=O)N1CC[C@H]2OCc3cnnn3[C@@H]2C1. The molecule has 1 saturated heterocycles. The highest BCUT2D eigenvalue weighted by Crippen LogP contribution is 2.30. The Balaban J connectivity index is 1.49. The number of rotatable bonds is 3. The molecule has 0 spiro atoms. The van der Waals surface area contributed by atoms with Crippen molar-refractivity contribution in [2.75, 3.05) is 20.2 Å². The first-order chi connectivity index (χ1) is 11.8. The number of nitrogens with zero attached hydrogens (tertiary/aromatic N) is 4. The highest BCUT2D eigenvalue weighted by atomic mass is 16.5. The lowest BCUT2D eigenvalue weighted by Gasteiger charge is -2.41. The van der Waals surface area contributed by atoms with Crippen LogP contribution in [0, 0.1) is 0 Å². The Kier molecular flexibility index (Phi) is 3.93. The summed E-state index contributed by atoms with van der Waals surface area (Å²) in [5.41, 5.74) is 1.88. The van der Waals surface area contributed by atoms with Gasteiger partial charge in [0, 0.05) is 18.7 Å². The number of likely N-dealkylation sites (tertiary alicyclic amines) is 1. The maximum absolute atomic E-state index is 12.7. The highest BCUT2D eigenvalue weighted by Gasteiger charge is 2.37. The predicted octanol–water partition coefficient (Wildman–Crippen LogP) is 1.20. The molecule has 0 aliphatic carbocycles. The molecule has 3 heterocycles. The van der Waals surface area contributed by atoms with E-state index in [1.807, 2.05) is 33.8 Å². The minimum Gasteiger partial charge on any atom is -0.496 e. The Morgan fingerprint density at radius 2 is 2.29 bits per heavy atom. The molecule has 126 valence electrons. The maximum Gasteiger partial charge on any atom is 0.227 e. The van der Waals surface area contributed by atoms with Gasteiger partial charge in [-0.2, -0.15) is 0 Å². The molecule has 2 aliphatic heterocycles. The molecule has 0 saturated carbocycles. The van der Waals surface area contributed by atoms with Crippen LogP contribution in [0.3, 0.4) is 0 Å². The summed E-state index contributed by atoms with van der Waals surface area (Å²) in [5, 5.41) is 8.14. The van der Waals surface area contributed by atoms with E-state index in [2.05, 4.69) is 10.3 Å². The summed E-state index contributed by atoms with van der Waals surface area (Å²) in [7, 11) is 1.63. The summed E-state index contributed by atoms with van der Waals surface area (Å²) in [6.45, 7) is 1.86. The molecule has 0 bridgehead atoms. The number of piperidine rings is 1. The molecule has 0 unspecified atom stereocenters. The van der Waals surface area contributed by atoms with Crippen molar-refractivity contribution in [2.24, 2.45) is 0 Å². The first-order valence-electron chi connectivity index (χ1n) is 8.16. The van der Waals surface area contributed by atoms with E-state index in [1.54, 1.807) is 13.3 Å². The standard InChI is InChI=1S/C17H20N4O3/c1-23-15-5-3-2-4-12(15)8-17(22)20-7-6-16-14(10-20)21-13(11-24-16)9-18-19-21/h2-5,9,14,16H,6-8,10-11H2,1H3/t14-,16-/m1/s1. The molecular weight excluding hydrogens is 308 g/mol. The molecule has 1 amide bonds. The normalized spacial score (nSPS) is 22.6. The van der Waals surface area contributed by atoms with E-state index in [1.165, 1.54) is 0 Å². The molecular formula is C17H20N4O3. The fraction of sp³-hybridized carbons (Fsp3) is 0.471. The van der Waals surface area contributed by atoms with E-state index in [-0.39, 0.29) is 18.1 Å². The molecule has 1 aromatic heterocycles. The van der Waals surface area contributed by atoms with Crippen LogP contribution in [-0.2, 0) is 22.6 Å². The minimum absolute atomic E-state index is 0.0478. The van der Waals surface area contributed by atoms with Gasteiger partial charge in [0.25, 0.3) is 0 Å². The second kappa shape index (κ2) is 6.24. The molecule has 1 fully saturated rings. The van der Waals surface area contributed by atoms with Crippen LogP contribution in [0.25, 0.3) is 0 Å². The first kappa shape index (κ1) is 15.1. The number of carbonyl (C=O) groups excluding carboxylic acids is 1. The van der Waals surface area contributed by atoms with Gasteiger partial charge in [-0.25, -0.2) is 4.68 Å². The van der Waals surface area contributed by atoms with Crippen molar-refractivity contribution >= 4 is 5.91 Å². The van der Waals surface area contributed by atoms with Crippen molar-refractivity contribution in [3.05, 3.63) is 41.7 Å². The Bertz CT molecular complexity index is 745. The van der Waals surface area contributed by atoms with Gasteiger partial charge in [-0.3, -0.25) is 4.79 Å². The number of fused-ring (bicyclic) bond motifs is 3. The Hall–Kier alpha value is -2.41. The molecule has 4 rings (SSSR count). The third-order valence-corrected chi connectivity index (χ3v) is 4.82. The number of carbonyl (C=O) groups is 1. The van der Waals surface area contributed by atoms with E-state index >= 15 is 0 Å². The number of hydrogen-bond acceptors (Lipinski definition) is 5. The van der Waals surface area contributed by atoms with Crippen molar-refractivity contribution in [2.45, 2.75) is 31.6 Å². The zero-order valence-corrected chi connectivity index (χ0v) is 13.6. The second-order valence-corrected chi connectivity index (χ2v) is 6.20. The second-order valence-electron chi connectivity index (χ2n) is 6.20. The molecule has 0 radical (unpaired) electrons. The zero-order valence-electron chi connectivity index (χ0n) is 13.6. The molecule has 0 N–H and O–H groups in total. The Morgan fingerprint density at radius 1 is 1.42 bits per heavy atom. The molecule has 7 heteroatoms. The molecule has 24 heavy (non-hydrogen) atoms. The average molecular weight is 328 g/mol. The molecule has 2 aliphatic rings. The van der Waals surface area contributed by atoms with Gasteiger partial charge >= 0.3 is 0 Å². The lowest BCUT2D eigenvalue weighted by Crippen LogP contribution is -2.50. The zero-order chi connectivity index (χ0) is 16.5. The smallest absolute Gasteiger partial charge is 0.227 e. The monoisotopic (exact) mass is 328 g/mol. The van der Waals surface area contributed by atoms with Crippen molar-refractivity contribution in [3.8, 4) is 5.75 Å². The van der Waals surface area contributed by atoms with E-state index in [4.69, 9.17) is 9.47 Å². The van der Waals surface area contributed by atoms with Gasteiger partial charge < -0.3 is 14.4 Å². The quantitative estimate of drug-likeness (QED) is 0.847. The van der Waals surface area contributed by atoms with Crippen LogP contribution < -0.4 is 4.74 Å². The summed E-state index contributed by atoms with van der Waals surface area (Å²) in [6.07, 6.45) is 2.99. The number of para-hydroxylation sites is 1. The largest absolute Gasteiger partial charge is 0.496 e. The van der Waals surface area contributed by atoms with E-state index in [9.17, 15) is 4.79 Å². The predicted molar refractivity (Wildman–Crippen MR) is 85.5 cm³/mol.